The Kier molecular flexibility index (Phi) is 3.63. The van der Waals surface area contributed by atoms with Crippen LogP contribution in [-0.2, 0) is 10.9 Å². The number of hydrogen-bond acceptors (Lipinski definition) is 8. The maximum absolute atomic E-state index is 13.1. The molecular weight excluding hydrogens is 323 g/mol. The van der Waals surface area contributed by atoms with Gasteiger partial charge in [-0.2, -0.15) is 18.3 Å². The molecule has 12 heteroatoms. The molecule has 9 nitrogen and oxygen atoms in total. The predicted octanol–water partition coefficient (Wildman–Crippen LogP) is -0.961. The number of nitrogens with two attached hydrogens (primary N) is 1. The van der Waals surface area contributed by atoms with Crippen LogP contribution in [0.3, 0.4) is 0 Å². The van der Waals surface area contributed by atoms with Gasteiger partial charge in [-0.1, -0.05) is 0 Å². The fraction of sp³-hybridized carbons (Fsp3) is 0.545. The van der Waals surface area contributed by atoms with Crippen LogP contribution in [0.25, 0.3) is 11.0 Å². The van der Waals surface area contributed by atoms with Gasteiger partial charge in [-0.15, -0.1) is 0 Å². The van der Waals surface area contributed by atoms with Gasteiger partial charge in [0.15, 0.2) is 17.6 Å². The Labute approximate surface area is 126 Å². The average Bonchev–Trinajstić information content (AvgIpc) is 3.00. The minimum atomic E-state index is -4.83. The van der Waals surface area contributed by atoms with E-state index in [1.165, 1.54) is 0 Å². The molecular formula is C11H12F3N5O4. The van der Waals surface area contributed by atoms with Crippen LogP contribution >= 0.6 is 0 Å². The van der Waals surface area contributed by atoms with E-state index in [0.29, 0.717) is 4.68 Å². The third-order valence-electron chi connectivity index (χ3n) is 3.54. The number of anilines is 1. The third-order valence-corrected chi connectivity index (χ3v) is 3.54. The monoisotopic (exact) mass is 335 g/mol. The Morgan fingerprint density at radius 2 is 1.96 bits per heavy atom. The number of nitrogen functional groups attached to an aromatic ring is 1. The van der Waals surface area contributed by atoms with E-state index in [2.05, 4.69) is 15.1 Å². The number of nitrogens with zero attached hydrogens (tertiary/aromatic N) is 4. The Morgan fingerprint density at radius 3 is 2.52 bits per heavy atom. The van der Waals surface area contributed by atoms with Gasteiger partial charge in [0.05, 0.1) is 12.0 Å². The van der Waals surface area contributed by atoms with E-state index < -0.39 is 54.2 Å². The molecule has 1 unspecified atom stereocenters. The molecule has 3 heterocycles. The lowest BCUT2D eigenvalue weighted by Crippen LogP contribution is -2.33. The standard InChI is InChI=1S/C11H12F3N5O4/c12-11(13,14)7-4-8(15)16-2-17-9(4)19(18-7)10-6(22)5(21)3(1-20)23-10/h2-3,5-6,10,20-22H,1H2,(H2,15,16,17)/t3-,5?,6-,10-/m1/s1. The molecule has 0 radical (unpaired) electrons. The van der Waals surface area contributed by atoms with Gasteiger partial charge in [0, 0.05) is 0 Å². The van der Waals surface area contributed by atoms with Gasteiger partial charge >= 0.3 is 6.18 Å². The van der Waals surface area contributed by atoms with E-state index in [0.717, 1.165) is 6.33 Å². The molecule has 0 amide bonds. The quantitative estimate of drug-likeness (QED) is 0.550. The summed E-state index contributed by atoms with van der Waals surface area (Å²) < 4.78 is 45.3. The number of rotatable bonds is 2. The maximum Gasteiger partial charge on any atom is 0.435 e. The second-order valence-corrected chi connectivity index (χ2v) is 4.98. The maximum atomic E-state index is 13.1. The van der Waals surface area contributed by atoms with Crippen molar-refractivity contribution >= 4 is 16.9 Å². The number of ether oxygens (including phenoxy) is 1. The van der Waals surface area contributed by atoms with E-state index in [4.69, 9.17) is 15.6 Å². The van der Waals surface area contributed by atoms with Crippen molar-refractivity contribution in [1.82, 2.24) is 19.7 Å². The summed E-state index contributed by atoms with van der Waals surface area (Å²) >= 11 is 0. The zero-order valence-electron chi connectivity index (χ0n) is 11.3. The molecule has 23 heavy (non-hydrogen) atoms. The number of hydrogen-bond donors (Lipinski definition) is 4. The van der Waals surface area contributed by atoms with E-state index in [1.54, 1.807) is 0 Å². The summed E-state index contributed by atoms with van der Waals surface area (Å²) in [6.07, 6.45) is -9.61. The van der Waals surface area contributed by atoms with Crippen molar-refractivity contribution < 1.29 is 33.2 Å². The summed E-state index contributed by atoms with van der Waals surface area (Å²) in [6, 6.07) is 0. The van der Waals surface area contributed by atoms with E-state index in [-0.39, 0.29) is 5.65 Å². The first-order chi connectivity index (χ1) is 10.8. The highest BCUT2D eigenvalue weighted by Crippen LogP contribution is 2.38. The first-order valence-electron chi connectivity index (χ1n) is 6.44. The van der Waals surface area contributed by atoms with Gasteiger partial charge in [-0.25, -0.2) is 14.6 Å². The molecule has 4 atom stereocenters. The molecule has 3 rings (SSSR count). The lowest BCUT2D eigenvalue weighted by Gasteiger charge is -2.15. The SMILES string of the molecule is Nc1ncnc2c1c(C(F)(F)F)nn2[C@@H]1O[C@H](CO)C(O)[C@H]1O. The normalized spacial score (nSPS) is 28.6. The fourth-order valence-electron chi connectivity index (χ4n) is 2.45. The lowest BCUT2D eigenvalue weighted by atomic mass is 10.1. The van der Waals surface area contributed by atoms with Gasteiger partial charge in [-0.05, 0) is 0 Å². The van der Waals surface area contributed by atoms with Crippen molar-refractivity contribution in [3.05, 3.63) is 12.0 Å². The number of aliphatic hydroxyl groups excluding tert-OH is 3. The largest absolute Gasteiger partial charge is 0.435 e. The van der Waals surface area contributed by atoms with Crippen LogP contribution in [-0.4, -0.2) is 60.0 Å². The third kappa shape index (κ3) is 2.39. The van der Waals surface area contributed by atoms with Crippen LogP contribution < -0.4 is 5.73 Å². The Balaban J connectivity index is 2.18. The minimum Gasteiger partial charge on any atom is -0.394 e. The molecule has 2 aromatic rings. The van der Waals surface area contributed by atoms with Crippen molar-refractivity contribution in [2.24, 2.45) is 0 Å². The number of fused-ring (bicyclic) bond motifs is 1. The molecule has 0 aromatic carbocycles. The van der Waals surface area contributed by atoms with Crippen molar-refractivity contribution in [3.8, 4) is 0 Å². The second-order valence-electron chi connectivity index (χ2n) is 4.98. The van der Waals surface area contributed by atoms with Crippen LogP contribution in [0.2, 0.25) is 0 Å². The topological polar surface area (TPSA) is 140 Å². The van der Waals surface area contributed by atoms with Gasteiger partial charge in [0.2, 0.25) is 0 Å². The van der Waals surface area contributed by atoms with Crippen LogP contribution in [0.1, 0.15) is 11.9 Å². The van der Waals surface area contributed by atoms with Crippen molar-refractivity contribution in [2.75, 3.05) is 12.3 Å². The average molecular weight is 335 g/mol. The first kappa shape index (κ1) is 15.9. The van der Waals surface area contributed by atoms with Crippen LogP contribution in [0.15, 0.2) is 6.33 Å². The summed E-state index contributed by atoms with van der Waals surface area (Å²) in [7, 11) is 0. The van der Waals surface area contributed by atoms with Gasteiger partial charge in [0.25, 0.3) is 0 Å². The van der Waals surface area contributed by atoms with E-state index in [9.17, 15) is 23.4 Å². The highest BCUT2D eigenvalue weighted by molar-refractivity contribution is 5.88. The molecule has 0 spiro atoms. The molecule has 0 saturated carbocycles. The van der Waals surface area contributed by atoms with Gasteiger partial charge in [0.1, 0.15) is 30.5 Å². The molecule has 0 bridgehead atoms. The Morgan fingerprint density at radius 1 is 1.26 bits per heavy atom. The smallest absolute Gasteiger partial charge is 0.394 e. The second kappa shape index (κ2) is 5.26. The van der Waals surface area contributed by atoms with Gasteiger partial charge in [-0.3, -0.25) is 0 Å². The predicted molar refractivity (Wildman–Crippen MR) is 67.7 cm³/mol. The molecule has 0 aliphatic carbocycles. The zero-order chi connectivity index (χ0) is 16.9. The summed E-state index contributed by atoms with van der Waals surface area (Å²) in [5.74, 6) is -0.430. The van der Waals surface area contributed by atoms with E-state index >= 15 is 0 Å². The highest BCUT2D eigenvalue weighted by atomic mass is 19.4. The van der Waals surface area contributed by atoms with Crippen molar-refractivity contribution in [1.29, 1.82) is 0 Å². The van der Waals surface area contributed by atoms with E-state index in [1.807, 2.05) is 0 Å². The van der Waals surface area contributed by atoms with Gasteiger partial charge < -0.3 is 25.8 Å². The summed E-state index contributed by atoms with van der Waals surface area (Å²) in [5.41, 5.74) is 3.85. The number of halogens is 3. The van der Waals surface area contributed by atoms with Crippen LogP contribution in [0.4, 0.5) is 19.0 Å². The Hall–Kier alpha value is -2.02. The van der Waals surface area contributed by atoms with Crippen LogP contribution in [0.5, 0.6) is 0 Å². The van der Waals surface area contributed by atoms with Crippen LogP contribution in [0, 0.1) is 0 Å². The first-order valence-corrected chi connectivity index (χ1v) is 6.44. The summed E-state index contributed by atoms with van der Waals surface area (Å²) in [5, 5.41) is 31.6. The molecule has 1 fully saturated rings. The zero-order valence-corrected chi connectivity index (χ0v) is 11.3. The molecule has 1 aliphatic rings. The molecule has 1 saturated heterocycles. The summed E-state index contributed by atoms with van der Waals surface area (Å²) in [4.78, 5) is 7.21. The highest BCUT2D eigenvalue weighted by Gasteiger charge is 2.46. The molecule has 2 aromatic heterocycles. The van der Waals surface area contributed by atoms with Crippen molar-refractivity contribution in [3.63, 3.8) is 0 Å². The van der Waals surface area contributed by atoms with Crippen molar-refractivity contribution in [2.45, 2.75) is 30.7 Å². The lowest BCUT2D eigenvalue weighted by molar-refractivity contribution is -0.141. The molecule has 126 valence electrons. The summed E-state index contributed by atoms with van der Waals surface area (Å²) in [6.45, 7) is -0.628. The number of alkyl halides is 3. The Bertz CT molecular complexity index is 736. The fourth-order valence-corrected chi connectivity index (χ4v) is 2.45. The number of aliphatic hydroxyl groups is 3. The minimum absolute atomic E-state index is 0.306. The molecule has 1 aliphatic heterocycles. The number of aromatic nitrogens is 4. The molecule has 5 N–H and O–H groups in total.